The van der Waals surface area contributed by atoms with E-state index in [0.29, 0.717) is 13.1 Å². The van der Waals surface area contributed by atoms with Crippen LogP contribution in [0.4, 0.5) is 0 Å². The van der Waals surface area contributed by atoms with Crippen molar-refractivity contribution < 1.29 is 19.1 Å². The van der Waals surface area contributed by atoms with E-state index in [1.54, 1.807) is 12.0 Å². The van der Waals surface area contributed by atoms with Crippen molar-refractivity contribution in [3.63, 3.8) is 0 Å². The Bertz CT molecular complexity index is 845. The van der Waals surface area contributed by atoms with Crippen LogP contribution < -0.4 is 4.74 Å². The Morgan fingerprint density at radius 1 is 1.00 bits per heavy atom. The smallest absolute Gasteiger partial charge is 0.330 e. The van der Waals surface area contributed by atoms with Gasteiger partial charge in [-0.25, -0.2) is 4.79 Å². The van der Waals surface area contributed by atoms with Gasteiger partial charge >= 0.3 is 5.97 Å². The molecular weight excluding hydrogens is 422 g/mol. The highest BCUT2D eigenvalue weighted by atomic mass is 79.9. The molecule has 2 rings (SSSR count). The van der Waals surface area contributed by atoms with E-state index in [1.807, 2.05) is 60.7 Å². The molecule has 0 aliphatic heterocycles. The molecule has 0 bridgehead atoms. The molecule has 5 nitrogen and oxygen atoms in total. The molecule has 0 unspecified atom stereocenters. The highest BCUT2D eigenvalue weighted by molar-refractivity contribution is 9.15. The van der Waals surface area contributed by atoms with Gasteiger partial charge in [0.05, 0.1) is 14.2 Å². The SMILES string of the molecule is COC(=O)/C=C/C(=O)N(C/C=C(\Br)c1ccc(OC)cc1)Cc1ccccc1. The monoisotopic (exact) mass is 443 g/mol. The maximum Gasteiger partial charge on any atom is 0.330 e. The maximum absolute atomic E-state index is 12.6. The Hall–Kier alpha value is -2.86. The van der Waals surface area contributed by atoms with Crippen molar-refractivity contribution in [1.29, 1.82) is 0 Å². The summed E-state index contributed by atoms with van der Waals surface area (Å²) in [7, 11) is 2.89. The highest BCUT2D eigenvalue weighted by Crippen LogP contribution is 2.23. The lowest BCUT2D eigenvalue weighted by Crippen LogP contribution is -2.29. The van der Waals surface area contributed by atoms with E-state index in [-0.39, 0.29) is 5.91 Å². The number of amides is 1. The number of halogens is 1. The molecule has 0 aliphatic rings. The molecule has 0 aliphatic carbocycles. The van der Waals surface area contributed by atoms with E-state index in [4.69, 9.17) is 4.74 Å². The van der Waals surface area contributed by atoms with Gasteiger partial charge in [0.25, 0.3) is 0 Å². The van der Waals surface area contributed by atoms with Crippen molar-refractivity contribution in [2.45, 2.75) is 6.54 Å². The Labute approximate surface area is 173 Å². The highest BCUT2D eigenvalue weighted by Gasteiger charge is 2.11. The van der Waals surface area contributed by atoms with Crippen LogP contribution in [0, 0.1) is 0 Å². The van der Waals surface area contributed by atoms with Crippen LogP contribution in [0.2, 0.25) is 0 Å². The summed E-state index contributed by atoms with van der Waals surface area (Å²) in [6, 6.07) is 17.3. The minimum Gasteiger partial charge on any atom is -0.497 e. The van der Waals surface area contributed by atoms with E-state index < -0.39 is 5.97 Å². The lowest BCUT2D eigenvalue weighted by atomic mass is 10.2. The minimum atomic E-state index is -0.567. The van der Waals surface area contributed by atoms with Gasteiger partial charge in [-0.3, -0.25) is 4.79 Å². The van der Waals surface area contributed by atoms with Crippen LogP contribution in [-0.2, 0) is 20.9 Å². The van der Waals surface area contributed by atoms with Crippen molar-refractivity contribution >= 4 is 32.3 Å². The van der Waals surface area contributed by atoms with Crippen LogP contribution in [0.15, 0.2) is 72.8 Å². The third kappa shape index (κ3) is 6.70. The summed E-state index contributed by atoms with van der Waals surface area (Å²) in [6.45, 7) is 0.788. The fourth-order valence-corrected chi connectivity index (χ4v) is 2.82. The van der Waals surface area contributed by atoms with Gasteiger partial charge < -0.3 is 14.4 Å². The molecular formula is C22H22BrNO4. The van der Waals surface area contributed by atoms with Gasteiger partial charge in [-0.05, 0) is 23.3 Å². The van der Waals surface area contributed by atoms with Crippen molar-refractivity contribution in [2.24, 2.45) is 0 Å². The average Bonchev–Trinajstić information content (AvgIpc) is 2.75. The molecule has 1 amide bonds. The molecule has 6 heteroatoms. The fraction of sp³-hybridized carbons (Fsp3) is 0.182. The number of hydrogen-bond acceptors (Lipinski definition) is 4. The summed E-state index contributed by atoms with van der Waals surface area (Å²) in [6.07, 6.45) is 4.26. The Morgan fingerprint density at radius 2 is 1.68 bits per heavy atom. The predicted octanol–water partition coefficient (Wildman–Crippen LogP) is 4.19. The van der Waals surface area contributed by atoms with Crippen LogP contribution in [0.25, 0.3) is 4.48 Å². The third-order valence-corrected chi connectivity index (χ3v) is 4.73. The van der Waals surface area contributed by atoms with Crippen molar-refractivity contribution in [1.82, 2.24) is 4.90 Å². The number of carbonyl (C=O) groups is 2. The van der Waals surface area contributed by atoms with Crippen LogP contribution in [0.3, 0.4) is 0 Å². The minimum absolute atomic E-state index is 0.277. The number of methoxy groups -OCH3 is 2. The Morgan fingerprint density at radius 3 is 2.29 bits per heavy atom. The zero-order chi connectivity index (χ0) is 20.4. The second kappa shape index (κ2) is 11.1. The van der Waals surface area contributed by atoms with Crippen LogP contribution in [0.5, 0.6) is 5.75 Å². The van der Waals surface area contributed by atoms with Crippen LogP contribution >= 0.6 is 15.9 Å². The number of benzene rings is 2. The van der Waals surface area contributed by atoms with Gasteiger partial charge in [-0.15, -0.1) is 0 Å². The molecule has 0 saturated carbocycles. The molecule has 0 fully saturated rings. The molecule has 0 aromatic heterocycles. The standard InChI is InChI=1S/C22H22BrNO4/c1-27-19-10-8-18(9-11-19)20(23)14-15-24(16-17-6-4-3-5-7-17)21(25)12-13-22(26)28-2/h3-14H,15-16H2,1-2H3/b13-12+,20-14-. The Kier molecular flexibility index (Phi) is 8.49. The normalized spacial score (nSPS) is 11.3. The summed E-state index contributed by atoms with van der Waals surface area (Å²) >= 11 is 3.56. The largest absolute Gasteiger partial charge is 0.497 e. The molecule has 2 aromatic rings. The second-order valence-corrected chi connectivity index (χ2v) is 6.70. The van der Waals surface area contributed by atoms with Crippen molar-refractivity contribution in [2.75, 3.05) is 20.8 Å². The zero-order valence-corrected chi connectivity index (χ0v) is 17.4. The summed E-state index contributed by atoms with van der Waals surface area (Å²) in [5.74, 6) is -0.0682. The van der Waals surface area contributed by atoms with Crippen LogP contribution in [0.1, 0.15) is 11.1 Å². The first-order valence-electron chi connectivity index (χ1n) is 8.62. The van der Waals surface area contributed by atoms with E-state index in [0.717, 1.165) is 27.4 Å². The first-order valence-corrected chi connectivity index (χ1v) is 9.41. The van der Waals surface area contributed by atoms with Gasteiger partial charge in [0, 0.05) is 29.7 Å². The van der Waals surface area contributed by atoms with E-state index in [2.05, 4.69) is 20.7 Å². The third-order valence-electron chi connectivity index (χ3n) is 3.95. The van der Waals surface area contributed by atoms with Crippen molar-refractivity contribution in [3.05, 3.63) is 84.0 Å². The molecule has 0 atom stereocenters. The number of ether oxygens (including phenoxy) is 2. The van der Waals surface area contributed by atoms with E-state index in [1.165, 1.54) is 13.2 Å². The van der Waals surface area contributed by atoms with Crippen molar-refractivity contribution in [3.8, 4) is 5.75 Å². The predicted molar refractivity (Wildman–Crippen MR) is 113 cm³/mol. The lowest BCUT2D eigenvalue weighted by molar-refractivity contribution is -0.135. The first-order chi connectivity index (χ1) is 13.5. The number of esters is 1. The summed E-state index contributed by atoms with van der Waals surface area (Å²) < 4.78 is 10.6. The van der Waals surface area contributed by atoms with E-state index >= 15 is 0 Å². The molecule has 0 spiro atoms. The molecule has 0 heterocycles. The topological polar surface area (TPSA) is 55.8 Å². The van der Waals surface area contributed by atoms with Gasteiger partial charge in [0.2, 0.25) is 5.91 Å². The van der Waals surface area contributed by atoms with Crippen LogP contribution in [-0.4, -0.2) is 37.5 Å². The molecule has 0 saturated heterocycles. The van der Waals surface area contributed by atoms with E-state index in [9.17, 15) is 9.59 Å². The fourth-order valence-electron chi connectivity index (χ4n) is 2.41. The Balaban J connectivity index is 2.16. The number of carbonyl (C=O) groups excluding carboxylic acids is 2. The average molecular weight is 444 g/mol. The number of rotatable bonds is 8. The number of hydrogen-bond donors (Lipinski definition) is 0. The molecule has 0 N–H and O–H groups in total. The summed E-state index contributed by atoms with van der Waals surface area (Å²) in [5, 5.41) is 0. The molecule has 146 valence electrons. The number of nitrogens with zero attached hydrogens (tertiary/aromatic N) is 1. The van der Waals surface area contributed by atoms with Gasteiger partial charge in [-0.1, -0.05) is 64.5 Å². The summed E-state index contributed by atoms with van der Waals surface area (Å²) in [5.41, 5.74) is 1.97. The van der Waals surface area contributed by atoms with Gasteiger partial charge in [-0.2, -0.15) is 0 Å². The molecule has 0 radical (unpaired) electrons. The molecule has 2 aromatic carbocycles. The first kappa shape index (κ1) is 21.4. The quantitative estimate of drug-likeness (QED) is 0.453. The maximum atomic E-state index is 12.6. The summed E-state index contributed by atoms with van der Waals surface area (Å²) in [4.78, 5) is 25.5. The molecule has 28 heavy (non-hydrogen) atoms. The van der Waals surface area contributed by atoms with Gasteiger partial charge in [0.15, 0.2) is 0 Å². The lowest BCUT2D eigenvalue weighted by Gasteiger charge is -2.20. The zero-order valence-electron chi connectivity index (χ0n) is 15.8. The van der Waals surface area contributed by atoms with Gasteiger partial charge in [0.1, 0.15) is 5.75 Å². The second-order valence-electron chi connectivity index (χ2n) is 5.84.